The Morgan fingerprint density at radius 3 is 2.19 bits per heavy atom. The summed E-state index contributed by atoms with van der Waals surface area (Å²) in [5.74, 6) is 0. The summed E-state index contributed by atoms with van der Waals surface area (Å²) < 4.78 is 78.3. The van der Waals surface area contributed by atoms with Crippen LogP contribution in [0.2, 0.25) is 0 Å². The van der Waals surface area contributed by atoms with Gasteiger partial charge in [-0.2, -0.15) is 26.3 Å². The van der Waals surface area contributed by atoms with E-state index >= 15 is 0 Å². The number of hydrogen-bond acceptors (Lipinski definition) is 4. The van der Waals surface area contributed by atoms with Gasteiger partial charge in [0.25, 0.3) is 5.60 Å². The number of benzene rings is 2. The van der Waals surface area contributed by atoms with Gasteiger partial charge < -0.3 is 10.0 Å². The molecule has 1 aromatic heterocycles. The maximum absolute atomic E-state index is 13.0. The molecule has 2 heterocycles. The molecule has 0 spiro atoms. The number of fused-ring (bicyclic) bond motifs is 1. The maximum atomic E-state index is 13.0. The van der Waals surface area contributed by atoms with E-state index in [9.17, 15) is 31.4 Å². The molecule has 0 fully saturated rings. The van der Waals surface area contributed by atoms with E-state index in [0.29, 0.717) is 30.8 Å². The molecule has 0 atom stereocenters. The third-order valence-electron chi connectivity index (χ3n) is 5.50. The smallest absolute Gasteiger partial charge is 0.369 e. The van der Waals surface area contributed by atoms with Crippen LogP contribution in [-0.4, -0.2) is 34.0 Å². The van der Waals surface area contributed by atoms with Gasteiger partial charge in [-0.1, -0.05) is 30.3 Å². The number of alkyl halides is 6. The van der Waals surface area contributed by atoms with Crippen molar-refractivity contribution in [1.29, 1.82) is 0 Å². The van der Waals surface area contributed by atoms with Crippen LogP contribution in [0.15, 0.2) is 61.1 Å². The van der Waals surface area contributed by atoms with Crippen molar-refractivity contribution in [2.45, 2.75) is 30.9 Å². The van der Waals surface area contributed by atoms with Crippen LogP contribution in [0.4, 0.5) is 32.0 Å². The average molecular weight is 453 g/mol. The molecule has 168 valence electrons. The summed E-state index contributed by atoms with van der Waals surface area (Å²) in [5.41, 5.74) is -2.04. The normalized spacial score (nSPS) is 14.5. The van der Waals surface area contributed by atoms with Crippen LogP contribution in [0.3, 0.4) is 0 Å². The topological polar surface area (TPSA) is 49.2 Å². The van der Waals surface area contributed by atoms with Gasteiger partial charge in [-0.3, -0.25) is 9.97 Å². The molecule has 1 N–H and O–H groups in total. The standard InChI is InChI=1S/C22H17F6N3O/c23-21(24,25)20(32,22(26,27)28)17-4-1-14(2-5-17)13-31-10-7-16-11-15(3-6-19(16)31)18-12-29-8-9-30-18/h1-6,8-9,11-12,32H,7,10,13H2. The average Bonchev–Trinajstić information content (AvgIpc) is 3.15. The fraction of sp³-hybridized carbons (Fsp3) is 0.273. The first-order chi connectivity index (χ1) is 15.0. The molecular weight excluding hydrogens is 436 g/mol. The summed E-state index contributed by atoms with van der Waals surface area (Å²) in [7, 11) is 0. The maximum Gasteiger partial charge on any atom is 0.430 e. The summed E-state index contributed by atoms with van der Waals surface area (Å²) in [6.45, 7) is 0.949. The highest BCUT2D eigenvalue weighted by Gasteiger charge is 2.71. The van der Waals surface area contributed by atoms with Gasteiger partial charge in [-0.05, 0) is 29.7 Å². The Hall–Kier alpha value is -3.14. The van der Waals surface area contributed by atoms with Gasteiger partial charge in [-0.25, -0.2) is 0 Å². The van der Waals surface area contributed by atoms with Crippen LogP contribution in [0.5, 0.6) is 0 Å². The van der Waals surface area contributed by atoms with Crippen molar-refractivity contribution in [2.24, 2.45) is 0 Å². The first-order valence-corrected chi connectivity index (χ1v) is 9.60. The Bertz CT molecular complexity index is 1080. The summed E-state index contributed by atoms with van der Waals surface area (Å²) in [4.78, 5) is 10.3. The van der Waals surface area contributed by atoms with Crippen molar-refractivity contribution in [3.63, 3.8) is 0 Å². The van der Waals surface area contributed by atoms with Crippen molar-refractivity contribution in [1.82, 2.24) is 9.97 Å². The zero-order valence-electron chi connectivity index (χ0n) is 16.5. The fourth-order valence-corrected chi connectivity index (χ4v) is 3.80. The number of aliphatic hydroxyl groups is 1. The van der Waals surface area contributed by atoms with E-state index in [4.69, 9.17) is 0 Å². The molecule has 32 heavy (non-hydrogen) atoms. The van der Waals surface area contributed by atoms with E-state index in [0.717, 1.165) is 28.9 Å². The molecule has 0 unspecified atom stereocenters. The SMILES string of the molecule is OC(c1ccc(CN2CCc3cc(-c4cnccn4)ccc32)cc1)(C(F)(F)F)C(F)(F)F. The van der Waals surface area contributed by atoms with Crippen molar-refractivity contribution in [3.8, 4) is 11.3 Å². The monoisotopic (exact) mass is 453 g/mol. The van der Waals surface area contributed by atoms with Crippen LogP contribution >= 0.6 is 0 Å². The minimum atomic E-state index is -5.90. The van der Waals surface area contributed by atoms with Gasteiger partial charge in [0.15, 0.2) is 0 Å². The van der Waals surface area contributed by atoms with Gasteiger partial charge >= 0.3 is 12.4 Å². The van der Waals surface area contributed by atoms with Gasteiger partial charge in [0.1, 0.15) is 0 Å². The van der Waals surface area contributed by atoms with Crippen molar-refractivity contribution in [2.75, 3.05) is 11.4 Å². The summed E-state index contributed by atoms with van der Waals surface area (Å²) in [6, 6.07) is 9.47. The quantitative estimate of drug-likeness (QED) is 0.564. The molecule has 0 amide bonds. The molecule has 2 aromatic carbocycles. The highest BCUT2D eigenvalue weighted by molar-refractivity contribution is 5.68. The largest absolute Gasteiger partial charge is 0.430 e. The van der Waals surface area contributed by atoms with Crippen molar-refractivity contribution < 1.29 is 31.4 Å². The van der Waals surface area contributed by atoms with E-state index in [1.165, 1.54) is 12.1 Å². The lowest BCUT2D eigenvalue weighted by Gasteiger charge is -2.32. The second-order valence-corrected chi connectivity index (χ2v) is 7.51. The molecule has 1 aliphatic heterocycles. The molecule has 0 radical (unpaired) electrons. The zero-order chi connectivity index (χ0) is 23.1. The van der Waals surface area contributed by atoms with Crippen LogP contribution < -0.4 is 4.90 Å². The minimum Gasteiger partial charge on any atom is -0.369 e. The first kappa shape index (κ1) is 22.1. The fourth-order valence-electron chi connectivity index (χ4n) is 3.80. The Morgan fingerprint density at radius 1 is 0.906 bits per heavy atom. The Morgan fingerprint density at radius 2 is 1.59 bits per heavy atom. The molecule has 4 rings (SSSR count). The predicted molar refractivity (Wildman–Crippen MR) is 105 cm³/mol. The predicted octanol–water partition coefficient (Wildman–Crippen LogP) is 5.02. The number of hydrogen-bond donors (Lipinski definition) is 1. The first-order valence-electron chi connectivity index (χ1n) is 9.60. The summed E-state index contributed by atoms with van der Waals surface area (Å²) >= 11 is 0. The number of anilines is 1. The molecule has 3 aromatic rings. The van der Waals surface area contributed by atoms with Gasteiger partial charge in [0, 0.05) is 42.3 Å². The lowest BCUT2D eigenvalue weighted by Crippen LogP contribution is -2.53. The lowest BCUT2D eigenvalue weighted by molar-refractivity contribution is -0.376. The van der Waals surface area contributed by atoms with E-state index < -0.39 is 23.5 Å². The van der Waals surface area contributed by atoms with Gasteiger partial charge in [0.2, 0.25) is 0 Å². The molecular formula is C22H17F6N3O. The van der Waals surface area contributed by atoms with Gasteiger partial charge in [0.05, 0.1) is 11.9 Å². The zero-order valence-corrected chi connectivity index (χ0v) is 16.5. The molecule has 0 bridgehead atoms. The van der Waals surface area contributed by atoms with Crippen molar-refractivity contribution in [3.05, 3.63) is 77.7 Å². The molecule has 1 aliphatic rings. The highest BCUT2D eigenvalue weighted by atomic mass is 19.4. The second-order valence-electron chi connectivity index (χ2n) is 7.51. The Labute approximate surface area is 179 Å². The molecule has 0 saturated heterocycles. The highest BCUT2D eigenvalue weighted by Crippen LogP contribution is 2.50. The van der Waals surface area contributed by atoms with Crippen LogP contribution in [0.1, 0.15) is 16.7 Å². The summed E-state index contributed by atoms with van der Waals surface area (Å²) in [6.07, 6.45) is -6.24. The minimum absolute atomic E-state index is 0.300. The number of aromatic nitrogens is 2. The van der Waals surface area contributed by atoms with Crippen molar-refractivity contribution >= 4 is 5.69 Å². The van der Waals surface area contributed by atoms with Crippen LogP contribution in [-0.2, 0) is 18.6 Å². The van der Waals surface area contributed by atoms with E-state index in [2.05, 4.69) is 9.97 Å². The van der Waals surface area contributed by atoms with Crippen LogP contribution in [0.25, 0.3) is 11.3 Å². The Kier molecular flexibility index (Phi) is 5.36. The third-order valence-corrected chi connectivity index (χ3v) is 5.50. The Balaban J connectivity index is 1.55. The lowest BCUT2D eigenvalue weighted by atomic mass is 9.91. The molecule has 4 nitrogen and oxygen atoms in total. The van der Waals surface area contributed by atoms with E-state index in [1.807, 2.05) is 23.1 Å². The third kappa shape index (κ3) is 3.79. The van der Waals surface area contributed by atoms with Crippen LogP contribution in [0, 0.1) is 0 Å². The number of nitrogens with zero attached hydrogens (tertiary/aromatic N) is 3. The number of rotatable bonds is 4. The van der Waals surface area contributed by atoms with E-state index in [1.54, 1.807) is 18.6 Å². The summed E-state index contributed by atoms with van der Waals surface area (Å²) in [5, 5.41) is 9.51. The van der Waals surface area contributed by atoms with Gasteiger partial charge in [-0.15, -0.1) is 0 Å². The molecule has 0 saturated carbocycles. The number of halogens is 6. The second kappa shape index (κ2) is 7.77. The molecule has 0 aliphatic carbocycles. The molecule has 10 heteroatoms. The van der Waals surface area contributed by atoms with E-state index in [-0.39, 0.29) is 0 Å².